The maximum Gasteiger partial charge on any atom is 0.329 e. The summed E-state index contributed by atoms with van der Waals surface area (Å²) in [4.78, 5) is 41.4. The van der Waals surface area contributed by atoms with Crippen molar-refractivity contribution in [2.24, 2.45) is 0 Å². The highest BCUT2D eigenvalue weighted by Crippen LogP contribution is 2.26. The predicted octanol–water partition coefficient (Wildman–Crippen LogP) is 3.55. The smallest absolute Gasteiger partial charge is 0.329 e. The van der Waals surface area contributed by atoms with E-state index in [-0.39, 0.29) is 37.6 Å². The number of ether oxygens (including phenoxy) is 2. The maximum atomic E-state index is 13.5. The zero-order valence-electron chi connectivity index (χ0n) is 18.8. The van der Waals surface area contributed by atoms with Crippen molar-refractivity contribution in [3.63, 3.8) is 0 Å². The van der Waals surface area contributed by atoms with Crippen LogP contribution in [0.5, 0.6) is 0 Å². The summed E-state index contributed by atoms with van der Waals surface area (Å²) in [5.41, 5.74) is 2.92. The Labute approximate surface area is 188 Å². The van der Waals surface area contributed by atoms with Crippen LogP contribution >= 0.6 is 0 Å². The predicted molar refractivity (Wildman–Crippen MR) is 120 cm³/mol. The first kappa shape index (κ1) is 23.3. The zero-order chi connectivity index (χ0) is 23.1. The van der Waals surface area contributed by atoms with Gasteiger partial charge in [-0.05, 0) is 30.5 Å². The highest BCUT2D eigenvalue weighted by molar-refractivity contribution is 5.85. The van der Waals surface area contributed by atoms with Crippen LogP contribution in [0.1, 0.15) is 37.0 Å². The molecule has 0 saturated heterocycles. The molecular formula is C25H30N2O5. The molecule has 0 aromatic heterocycles. The van der Waals surface area contributed by atoms with Crippen LogP contribution in [0.15, 0.2) is 54.6 Å². The van der Waals surface area contributed by atoms with Gasteiger partial charge >= 0.3 is 18.0 Å². The van der Waals surface area contributed by atoms with E-state index in [1.54, 1.807) is 9.80 Å². The largest absolute Gasteiger partial charge is 0.469 e. The van der Waals surface area contributed by atoms with E-state index in [4.69, 9.17) is 9.47 Å². The van der Waals surface area contributed by atoms with Gasteiger partial charge in [-0.25, -0.2) is 9.59 Å². The van der Waals surface area contributed by atoms with Crippen LogP contribution in [0.25, 0.3) is 0 Å². The Morgan fingerprint density at radius 3 is 2.34 bits per heavy atom. The molecule has 0 saturated carbocycles. The lowest BCUT2D eigenvalue weighted by Gasteiger charge is -2.39. The van der Waals surface area contributed by atoms with Crippen molar-refractivity contribution in [2.75, 3.05) is 13.7 Å². The average Bonchev–Trinajstić information content (AvgIpc) is 2.81. The third-order valence-electron chi connectivity index (χ3n) is 5.64. The second-order valence-electron chi connectivity index (χ2n) is 8.11. The van der Waals surface area contributed by atoms with Gasteiger partial charge in [0.05, 0.1) is 13.5 Å². The summed E-state index contributed by atoms with van der Waals surface area (Å²) in [5.74, 6) is -0.820. The molecule has 1 aliphatic heterocycles. The van der Waals surface area contributed by atoms with Crippen molar-refractivity contribution in [1.82, 2.24) is 9.80 Å². The number of benzene rings is 2. The third kappa shape index (κ3) is 5.66. The van der Waals surface area contributed by atoms with E-state index in [0.717, 1.165) is 16.7 Å². The van der Waals surface area contributed by atoms with E-state index in [0.29, 0.717) is 13.0 Å². The van der Waals surface area contributed by atoms with E-state index < -0.39 is 12.0 Å². The highest BCUT2D eigenvalue weighted by Gasteiger charge is 2.38. The minimum absolute atomic E-state index is 0.0912. The lowest BCUT2D eigenvalue weighted by atomic mass is 9.94. The van der Waals surface area contributed by atoms with Gasteiger partial charge in [0.2, 0.25) is 0 Å². The van der Waals surface area contributed by atoms with Crippen LogP contribution in [0.2, 0.25) is 0 Å². The molecule has 1 unspecified atom stereocenters. The molecule has 2 aromatic carbocycles. The number of hydrogen-bond acceptors (Lipinski definition) is 5. The van der Waals surface area contributed by atoms with Gasteiger partial charge in [-0.3, -0.25) is 4.79 Å². The Balaban J connectivity index is 1.81. The Morgan fingerprint density at radius 2 is 1.69 bits per heavy atom. The normalized spacial score (nSPS) is 15.1. The summed E-state index contributed by atoms with van der Waals surface area (Å²) in [6, 6.07) is 16.1. The molecular weight excluding hydrogens is 408 g/mol. The monoisotopic (exact) mass is 438 g/mol. The zero-order valence-corrected chi connectivity index (χ0v) is 18.8. The number of fused-ring (bicyclic) bond motifs is 1. The molecule has 170 valence electrons. The molecule has 0 N–H and O–H groups in total. The summed E-state index contributed by atoms with van der Waals surface area (Å²) in [5, 5.41) is 0. The number of nitrogens with zero attached hydrogens (tertiary/aromatic N) is 2. The Hall–Kier alpha value is -3.35. The molecule has 32 heavy (non-hydrogen) atoms. The molecule has 1 heterocycles. The van der Waals surface area contributed by atoms with Gasteiger partial charge in [-0.2, -0.15) is 0 Å². The number of methoxy groups -OCH3 is 1. The van der Waals surface area contributed by atoms with Gasteiger partial charge in [0.25, 0.3) is 0 Å². The number of amides is 2. The summed E-state index contributed by atoms with van der Waals surface area (Å²) >= 11 is 0. The summed E-state index contributed by atoms with van der Waals surface area (Å²) in [7, 11) is 1.32. The van der Waals surface area contributed by atoms with E-state index in [1.165, 1.54) is 7.11 Å². The number of esters is 2. The van der Waals surface area contributed by atoms with Gasteiger partial charge in [-0.15, -0.1) is 0 Å². The fourth-order valence-electron chi connectivity index (χ4n) is 3.81. The van der Waals surface area contributed by atoms with E-state index in [9.17, 15) is 14.4 Å². The van der Waals surface area contributed by atoms with Gasteiger partial charge in [0, 0.05) is 25.6 Å². The quantitative estimate of drug-likeness (QED) is 0.618. The van der Waals surface area contributed by atoms with Crippen LogP contribution in [0, 0.1) is 0 Å². The number of rotatable bonds is 7. The Morgan fingerprint density at radius 1 is 1.03 bits per heavy atom. The first-order valence-electron chi connectivity index (χ1n) is 10.8. The van der Waals surface area contributed by atoms with E-state index >= 15 is 0 Å². The van der Waals surface area contributed by atoms with E-state index in [2.05, 4.69) is 0 Å². The lowest BCUT2D eigenvalue weighted by molar-refractivity contribution is -0.151. The summed E-state index contributed by atoms with van der Waals surface area (Å²) in [6.07, 6.45) is 0.479. The Kier molecular flexibility index (Phi) is 7.87. The molecule has 1 aliphatic rings. The SMILES string of the molecule is COC(=O)CCN(C(=O)N1Cc2ccccc2CC1C(=O)OCc1ccccc1)C(C)C. The standard InChI is InChI=1S/C25H30N2O5/c1-18(2)26(14-13-23(28)31-3)25(30)27-16-21-12-8-7-11-20(21)15-22(27)24(29)32-17-19-9-5-4-6-10-19/h4-12,18,22H,13-17H2,1-3H3. The molecule has 0 fully saturated rings. The van der Waals surface area contributed by atoms with Crippen LogP contribution < -0.4 is 0 Å². The van der Waals surface area contributed by atoms with E-state index in [1.807, 2.05) is 68.4 Å². The minimum atomic E-state index is -0.736. The first-order valence-corrected chi connectivity index (χ1v) is 10.8. The summed E-state index contributed by atoms with van der Waals surface area (Å²) in [6.45, 7) is 4.44. The van der Waals surface area contributed by atoms with Gasteiger partial charge in [0.15, 0.2) is 0 Å². The lowest BCUT2D eigenvalue weighted by Crippen LogP contribution is -2.55. The van der Waals surface area contributed by atoms with Crippen molar-refractivity contribution < 1.29 is 23.9 Å². The van der Waals surface area contributed by atoms with Crippen molar-refractivity contribution in [1.29, 1.82) is 0 Å². The molecule has 0 aliphatic carbocycles. The average molecular weight is 439 g/mol. The molecule has 7 nitrogen and oxygen atoms in total. The molecule has 1 atom stereocenters. The van der Waals surface area contributed by atoms with Crippen LogP contribution in [0.4, 0.5) is 4.79 Å². The van der Waals surface area contributed by atoms with Crippen LogP contribution in [-0.4, -0.2) is 53.5 Å². The van der Waals surface area contributed by atoms with Crippen LogP contribution in [-0.2, 0) is 38.6 Å². The minimum Gasteiger partial charge on any atom is -0.469 e. The van der Waals surface area contributed by atoms with Gasteiger partial charge in [-0.1, -0.05) is 54.6 Å². The highest BCUT2D eigenvalue weighted by atomic mass is 16.5. The summed E-state index contributed by atoms with van der Waals surface area (Å²) < 4.78 is 10.3. The molecule has 0 radical (unpaired) electrons. The molecule has 0 bridgehead atoms. The Bertz CT molecular complexity index is 944. The third-order valence-corrected chi connectivity index (χ3v) is 5.64. The second kappa shape index (κ2) is 10.8. The van der Waals surface area contributed by atoms with Crippen molar-refractivity contribution in [3.05, 3.63) is 71.3 Å². The number of hydrogen-bond donors (Lipinski definition) is 0. The molecule has 7 heteroatoms. The first-order chi connectivity index (χ1) is 15.4. The molecule has 0 spiro atoms. The maximum absolute atomic E-state index is 13.5. The molecule has 2 aromatic rings. The van der Waals surface area contributed by atoms with Crippen molar-refractivity contribution in [2.45, 2.75) is 51.9 Å². The van der Waals surface area contributed by atoms with Crippen molar-refractivity contribution >= 4 is 18.0 Å². The number of carbonyl (C=O) groups is 3. The molecule has 2 amide bonds. The van der Waals surface area contributed by atoms with Gasteiger partial charge < -0.3 is 19.3 Å². The topological polar surface area (TPSA) is 76.2 Å². The molecule has 3 rings (SSSR count). The number of carbonyl (C=O) groups excluding carboxylic acids is 3. The number of urea groups is 1. The van der Waals surface area contributed by atoms with Crippen molar-refractivity contribution in [3.8, 4) is 0 Å². The van der Waals surface area contributed by atoms with Gasteiger partial charge in [0.1, 0.15) is 12.6 Å². The van der Waals surface area contributed by atoms with Crippen LogP contribution in [0.3, 0.4) is 0 Å². The second-order valence-corrected chi connectivity index (χ2v) is 8.11. The fraction of sp³-hybridized carbons (Fsp3) is 0.400. The fourth-order valence-corrected chi connectivity index (χ4v) is 3.81.